The van der Waals surface area contributed by atoms with Crippen LogP contribution in [-0.4, -0.2) is 28.8 Å². The third-order valence-corrected chi connectivity index (χ3v) is 3.66. The van der Waals surface area contributed by atoms with Crippen LogP contribution in [-0.2, 0) is 23.9 Å². The van der Waals surface area contributed by atoms with Crippen molar-refractivity contribution in [3.63, 3.8) is 0 Å². The normalized spacial score (nSPS) is 12.0. The van der Waals surface area contributed by atoms with Crippen molar-refractivity contribution < 1.29 is 29.0 Å². The van der Waals surface area contributed by atoms with E-state index in [1.807, 2.05) is 12.2 Å². The van der Waals surface area contributed by atoms with E-state index in [1.165, 1.54) is 0 Å². The fourth-order valence-corrected chi connectivity index (χ4v) is 2.15. The van der Waals surface area contributed by atoms with Gasteiger partial charge in [-0.3, -0.25) is 14.4 Å². The number of carboxylic acids is 1. The molecule has 0 amide bonds. The summed E-state index contributed by atoms with van der Waals surface area (Å²) in [6.07, 6.45) is 25.8. The number of rotatable bonds is 16. The van der Waals surface area contributed by atoms with Gasteiger partial charge in [-0.05, 0) is 44.9 Å². The van der Waals surface area contributed by atoms with Crippen molar-refractivity contribution in [3.8, 4) is 0 Å². The Morgan fingerprint density at radius 1 is 0.733 bits per heavy atom. The molecule has 0 atom stereocenters. The van der Waals surface area contributed by atoms with Gasteiger partial charge in [0.2, 0.25) is 0 Å². The minimum Gasteiger partial charge on any atom is -0.481 e. The third-order valence-electron chi connectivity index (χ3n) is 3.66. The van der Waals surface area contributed by atoms with Gasteiger partial charge in [0.15, 0.2) is 0 Å². The van der Waals surface area contributed by atoms with Crippen molar-refractivity contribution in [2.75, 3.05) is 0 Å². The first-order chi connectivity index (χ1) is 14.5. The zero-order chi connectivity index (χ0) is 22.5. The first-order valence-corrected chi connectivity index (χ1v) is 10.2. The largest absolute Gasteiger partial charge is 0.481 e. The van der Waals surface area contributed by atoms with Crippen LogP contribution in [0.15, 0.2) is 60.8 Å². The number of unbranched alkanes of at least 4 members (excludes halogenated alkanes) is 1. The van der Waals surface area contributed by atoms with E-state index < -0.39 is 30.1 Å². The van der Waals surface area contributed by atoms with Crippen LogP contribution in [0.2, 0.25) is 0 Å². The highest BCUT2D eigenvalue weighted by Crippen LogP contribution is 2.02. The molecule has 0 unspecified atom stereocenters. The molecule has 0 aliphatic rings. The minimum atomic E-state index is -1.44. The summed E-state index contributed by atoms with van der Waals surface area (Å²) in [6.45, 7) is 2.12. The predicted molar refractivity (Wildman–Crippen MR) is 117 cm³/mol. The van der Waals surface area contributed by atoms with Gasteiger partial charge < -0.3 is 9.84 Å². The topological polar surface area (TPSA) is 97.7 Å². The average Bonchev–Trinajstić information content (AvgIpc) is 2.69. The van der Waals surface area contributed by atoms with Crippen molar-refractivity contribution >= 4 is 23.7 Å². The standard InChI is InChI=1S/C24H32O6/c1-2-3-4-5-6-7-8-9-10-11-12-13-14-15-16-17-18-19-23(28)30-24(29)21(25)20-22(26)27/h3-4,6-7,9-10,12-13,15-16H,2,5,8,11,14,17-20H2,1H3,(H,26,27). The molecule has 0 aromatic rings. The van der Waals surface area contributed by atoms with Gasteiger partial charge in [-0.15, -0.1) is 0 Å². The lowest BCUT2D eigenvalue weighted by molar-refractivity contribution is -0.165. The molecule has 0 fully saturated rings. The maximum absolute atomic E-state index is 11.4. The van der Waals surface area contributed by atoms with E-state index in [1.54, 1.807) is 0 Å². The quantitative estimate of drug-likeness (QED) is 0.125. The zero-order valence-electron chi connectivity index (χ0n) is 17.6. The van der Waals surface area contributed by atoms with Crippen molar-refractivity contribution in [3.05, 3.63) is 60.8 Å². The smallest absolute Gasteiger partial charge is 0.382 e. The Morgan fingerprint density at radius 2 is 1.20 bits per heavy atom. The summed E-state index contributed by atoms with van der Waals surface area (Å²) in [5.41, 5.74) is 0. The monoisotopic (exact) mass is 416 g/mol. The van der Waals surface area contributed by atoms with Gasteiger partial charge >= 0.3 is 17.9 Å². The van der Waals surface area contributed by atoms with Crippen LogP contribution >= 0.6 is 0 Å². The molecule has 0 spiro atoms. The van der Waals surface area contributed by atoms with Crippen LogP contribution < -0.4 is 0 Å². The molecule has 0 bridgehead atoms. The second-order valence-corrected chi connectivity index (χ2v) is 6.36. The fourth-order valence-electron chi connectivity index (χ4n) is 2.15. The van der Waals surface area contributed by atoms with Crippen molar-refractivity contribution in [1.82, 2.24) is 0 Å². The molecule has 0 radical (unpaired) electrons. The average molecular weight is 417 g/mol. The highest BCUT2D eigenvalue weighted by atomic mass is 16.6. The van der Waals surface area contributed by atoms with E-state index >= 15 is 0 Å². The van der Waals surface area contributed by atoms with Crippen molar-refractivity contribution in [2.24, 2.45) is 0 Å². The van der Waals surface area contributed by atoms with Gasteiger partial charge in [0.1, 0.15) is 6.42 Å². The summed E-state index contributed by atoms with van der Waals surface area (Å²) in [7, 11) is 0. The molecule has 6 heteroatoms. The van der Waals surface area contributed by atoms with Gasteiger partial charge in [-0.2, -0.15) is 0 Å². The molecule has 0 saturated carbocycles. The molecule has 30 heavy (non-hydrogen) atoms. The van der Waals surface area contributed by atoms with E-state index in [0.29, 0.717) is 12.8 Å². The van der Waals surface area contributed by atoms with E-state index in [0.717, 1.165) is 32.1 Å². The highest BCUT2D eigenvalue weighted by molar-refractivity contribution is 6.37. The van der Waals surface area contributed by atoms with E-state index in [9.17, 15) is 19.2 Å². The molecule has 0 aliphatic carbocycles. The van der Waals surface area contributed by atoms with E-state index in [2.05, 4.69) is 60.3 Å². The Balaban J connectivity index is 3.72. The Morgan fingerprint density at radius 3 is 1.67 bits per heavy atom. The summed E-state index contributed by atoms with van der Waals surface area (Å²) < 4.78 is 4.30. The second-order valence-electron chi connectivity index (χ2n) is 6.36. The van der Waals surface area contributed by atoms with Crippen molar-refractivity contribution in [2.45, 2.75) is 64.7 Å². The molecule has 0 heterocycles. The number of Topliss-reactive ketones (excluding diaryl/α,β-unsaturated/α-hetero) is 1. The summed E-state index contributed by atoms with van der Waals surface area (Å²) >= 11 is 0. The molecule has 164 valence electrons. The number of carbonyl (C=O) groups excluding carboxylic acids is 3. The third kappa shape index (κ3) is 18.3. The number of aliphatic carboxylic acids is 1. The van der Waals surface area contributed by atoms with E-state index in [-0.39, 0.29) is 6.42 Å². The lowest BCUT2D eigenvalue weighted by Gasteiger charge is -2.00. The Hall–Kier alpha value is -3.02. The summed E-state index contributed by atoms with van der Waals surface area (Å²) in [4.78, 5) is 44.0. The minimum absolute atomic E-state index is 0.0135. The number of ketones is 1. The first kappa shape index (κ1) is 27.0. The van der Waals surface area contributed by atoms with Gasteiger partial charge in [-0.25, -0.2) is 4.79 Å². The van der Waals surface area contributed by atoms with Crippen LogP contribution in [0.4, 0.5) is 0 Å². The summed E-state index contributed by atoms with van der Waals surface area (Å²) in [5.74, 6) is -4.93. The van der Waals surface area contributed by atoms with Gasteiger partial charge in [0, 0.05) is 6.42 Å². The molecular formula is C24H32O6. The van der Waals surface area contributed by atoms with Crippen LogP contribution in [0, 0.1) is 0 Å². The number of hydrogen-bond acceptors (Lipinski definition) is 5. The molecule has 1 N–H and O–H groups in total. The molecule has 0 aliphatic heterocycles. The number of allylic oxidation sites excluding steroid dienone is 10. The summed E-state index contributed by atoms with van der Waals surface area (Å²) in [5, 5.41) is 8.40. The second kappa shape index (κ2) is 19.3. The number of ether oxygens (including phenoxy) is 1. The maximum atomic E-state index is 11.4. The van der Waals surface area contributed by atoms with Gasteiger partial charge in [0.25, 0.3) is 5.78 Å². The Labute approximate surface area is 178 Å². The van der Waals surface area contributed by atoms with Gasteiger partial charge in [-0.1, -0.05) is 67.7 Å². The first-order valence-electron chi connectivity index (χ1n) is 10.2. The van der Waals surface area contributed by atoms with Crippen LogP contribution in [0.25, 0.3) is 0 Å². The SMILES string of the molecule is CCC=CCC=CCC=CCC=CCC=CCCCC(=O)OC(=O)C(=O)CC(=O)O. The number of carbonyl (C=O) groups is 4. The van der Waals surface area contributed by atoms with Crippen molar-refractivity contribution in [1.29, 1.82) is 0 Å². The molecule has 6 nitrogen and oxygen atoms in total. The number of esters is 2. The molecule has 0 aromatic carbocycles. The molecule has 0 aromatic heterocycles. The molecular weight excluding hydrogens is 384 g/mol. The fraction of sp³-hybridized carbons (Fsp3) is 0.417. The summed E-state index contributed by atoms with van der Waals surface area (Å²) in [6, 6.07) is 0. The molecule has 0 rings (SSSR count). The lowest BCUT2D eigenvalue weighted by Crippen LogP contribution is -2.23. The Bertz CT molecular complexity index is 680. The van der Waals surface area contributed by atoms with Crippen LogP contribution in [0.3, 0.4) is 0 Å². The maximum Gasteiger partial charge on any atom is 0.382 e. The van der Waals surface area contributed by atoms with E-state index in [4.69, 9.17) is 5.11 Å². The lowest BCUT2D eigenvalue weighted by atomic mass is 10.2. The molecule has 0 saturated heterocycles. The van der Waals surface area contributed by atoms with Crippen LogP contribution in [0.5, 0.6) is 0 Å². The zero-order valence-corrected chi connectivity index (χ0v) is 17.6. The van der Waals surface area contributed by atoms with Gasteiger partial charge in [0.05, 0.1) is 0 Å². The number of hydrogen-bond donors (Lipinski definition) is 1. The number of carboxylic acid groups (broad SMARTS) is 1. The van der Waals surface area contributed by atoms with Crippen LogP contribution in [0.1, 0.15) is 64.7 Å². The Kier molecular flexibility index (Phi) is 17.4. The highest BCUT2D eigenvalue weighted by Gasteiger charge is 2.21. The predicted octanol–water partition coefficient (Wildman–Crippen LogP) is 5.02.